The number of likely N-dealkylation sites (tertiary alicyclic amines) is 1. The predicted octanol–water partition coefficient (Wildman–Crippen LogP) is 2.04. The van der Waals surface area contributed by atoms with Crippen LogP contribution in [-0.4, -0.2) is 48.8 Å². The van der Waals surface area contributed by atoms with E-state index >= 15 is 0 Å². The molecule has 1 aromatic carbocycles. The first-order valence-corrected chi connectivity index (χ1v) is 7.96. The van der Waals surface area contributed by atoms with Gasteiger partial charge in [0.25, 0.3) is 5.91 Å². The lowest BCUT2D eigenvalue weighted by atomic mass is 10.0. The number of nitrogens with zero attached hydrogens (tertiary/aromatic N) is 1. The van der Waals surface area contributed by atoms with Crippen LogP contribution >= 0.6 is 11.6 Å². The van der Waals surface area contributed by atoms with Crippen molar-refractivity contribution in [2.75, 3.05) is 26.1 Å². The Balaban J connectivity index is 1.88. The van der Waals surface area contributed by atoms with Crippen LogP contribution in [0.4, 0.5) is 0 Å². The van der Waals surface area contributed by atoms with Gasteiger partial charge in [-0.2, -0.15) is 0 Å². The number of methoxy groups -OCH3 is 1. The number of carbonyl (C=O) groups excluding carboxylic acids is 2. The molecule has 1 saturated heterocycles. The second-order valence-corrected chi connectivity index (χ2v) is 5.65. The first kappa shape index (κ1) is 16.6. The summed E-state index contributed by atoms with van der Waals surface area (Å²) in [6.07, 6.45) is 1.89. The van der Waals surface area contributed by atoms with Gasteiger partial charge in [0.1, 0.15) is 5.75 Å². The van der Waals surface area contributed by atoms with Crippen LogP contribution in [0.1, 0.15) is 29.6 Å². The molecule has 1 heterocycles. The first-order valence-electron chi connectivity index (χ1n) is 7.43. The number of hydrogen-bond donors (Lipinski definition) is 1. The van der Waals surface area contributed by atoms with Crippen molar-refractivity contribution < 1.29 is 14.3 Å². The Morgan fingerprint density at radius 2 is 2.00 bits per heavy atom. The average Bonchev–Trinajstić information content (AvgIpc) is 2.55. The standard InChI is InChI=1S/C16H21ClN2O3/c1-22-14-5-3-2-4-13(14)16(21)18-12-7-10-19(11-8-12)15(20)6-9-17/h2-5,12H,6-11H2,1H3,(H,18,21). The molecule has 0 atom stereocenters. The first-order chi connectivity index (χ1) is 10.7. The van der Waals surface area contributed by atoms with E-state index in [2.05, 4.69) is 5.32 Å². The summed E-state index contributed by atoms with van der Waals surface area (Å²) in [6.45, 7) is 1.32. The minimum atomic E-state index is -0.136. The Hall–Kier alpha value is -1.75. The highest BCUT2D eigenvalue weighted by atomic mass is 35.5. The monoisotopic (exact) mass is 324 g/mol. The summed E-state index contributed by atoms with van der Waals surface area (Å²) in [7, 11) is 1.55. The van der Waals surface area contributed by atoms with E-state index in [0.29, 0.717) is 36.7 Å². The molecule has 6 heteroatoms. The van der Waals surface area contributed by atoms with Crippen molar-refractivity contribution >= 4 is 23.4 Å². The van der Waals surface area contributed by atoms with E-state index in [1.54, 1.807) is 19.2 Å². The third-order valence-electron chi connectivity index (χ3n) is 3.84. The fraction of sp³-hybridized carbons (Fsp3) is 0.500. The van der Waals surface area contributed by atoms with Crippen molar-refractivity contribution in [3.8, 4) is 5.75 Å². The van der Waals surface area contributed by atoms with E-state index in [9.17, 15) is 9.59 Å². The molecule has 0 aromatic heterocycles. The Morgan fingerprint density at radius 3 is 2.64 bits per heavy atom. The van der Waals surface area contributed by atoms with Gasteiger partial charge in [0.2, 0.25) is 5.91 Å². The van der Waals surface area contributed by atoms with Crippen LogP contribution in [-0.2, 0) is 4.79 Å². The second kappa shape index (κ2) is 8.03. The predicted molar refractivity (Wildman–Crippen MR) is 85.4 cm³/mol. The maximum absolute atomic E-state index is 12.3. The van der Waals surface area contributed by atoms with Crippen LogP contribution < -0.4 is 10.1 Å². The zero-order valence-electron chi connectivity index (χ0n) is 12.7. The van der Waals surface area contributed by atoms with Crippen molar-refractivity contribution in [2.24, 2.45) is 0 Å². The minimum absolute atomic E-state index is 0.0810. The summed E-state index contributed by atoms with van der Waals surface area (Å²) in [5.41, 5.74) is 0.533. The van der Waals surface area contributed by atoms with Crippen LogP contribution in [0.2, 0.25) is 0 Å². The molecule has 0 saturated carbocycles. The Bertz CT molecular complexity index is 528. The lowest BCUT2D eigenvalue weighted by Gasteiger charge is -2.32. The van der Waals surface area contributed by atoms with E-state index in [0.717, 1.165) is 12.8 Å². The van der Waals surface area contributed by atoms with E-state index < -0.39 is 0 Å². The zero-order valence-corrected chi connectivity index (χ0v) is 13.4. The maximum atomic E-state index is 12.3. The van der Waals surface area contributed by atoms with Crippen LogP contribution in [0.15, 0.2) is 24.3 Å². The van der Waals surface area contributed by atoms with E-state index in [-0.39, 0.29) is 17.9 Å². The molecule has 2 rings (SSSR count). The Labute approximate surface area is 135 Å². The number of alkyl halides is 1. The van der Waals surface area contributed by atoms with Gasteiger partial charge in [0.15, 0.2) is 0 Å². The Morgan fingerprint density at radius 1 is 1.32 bits per heavy atom. The molecule has 0 aliphatic carbocycles. The van der Waals surface area contributed by atoms with Crippen LogP contribution in [0.3, 0.4) is 0 Å². The van der Waals surface area contributed by atoms with E-state index in [1.807, 2.05) is 17.0 Å². The largest absolute Gasteiger partial charge is 0.496 e. The number of para-hydroxylation sites is 1. The van der Waals surface area contributed by atoms with Gasteiger partial charge in [-0.1, -0.05) is 12.1 Å². The molecule has 1 N–H and O–H groups in total. The number of hydrogen-bond acceptors (Lipinski definition) is 3. The lowest BCUT2D eigenvalue weighted by Crippen LogP contribution is -2.46. The highest BCUT2D eigenvalue weighted by Crippen LogP contribution is 2.18. The minimum Gasteiger partial charge on any atom is -0.496 e. The summed E-state index contributed by atoms with van der Waals surface area (Å²) in [6, 6.07) is 7.23. The van der Waals surface area contributed by atoms with Gasteiger partial charge in [0, 0.05) is 31.4 Å². The van der Waals surface area contributed by atoms with Crippen molar-refractivity contribution in [3.63, 3.8) is 0 Å². The molecule has 120 valence electrons. The number of piperidine rings is 1. The van der Waals surface area contributed by atoms with E-state index in [4.69, 9.17) is 16.3 Å². The van der Waals surface area contributed by atoms with Gasteiger partial charge in [-0.15, -0.1) is 11.6 Å². The summed E-state index contributed by atoms with van der Waals surface area (Å²) >= 11 is 5.59. The van der Waals surface area contributed by atoms with Crippen LogP contribution in [0, 0.1) is 0 Å². The summed E-state index contributed by atoms with van der Waals surface area (Å²) in [4.78, 5) is 25.9. The van der Waals surface area contributed by atoms with Gasteiger partial charge in [0.05, 0.1) is 12.7 Å². The van der Waals surface area contributed by atoms with Gasteiger partial charge in [-0.05, 0) is 25.0 Å². The van der Waals surface area contributed by atoms with Gasteiger partial charge in [-0.3, -0.25) is 9.59 Å². The molecule has 0 radical (unpaired) electrons. The van der Waals surface area contributed by atoms with Gasteiger partial charge >= 0.3 is 0 Å². The fourth-order valence-corrected chi connectivity index (χ4v) is 2.77. The highest BCUT2D eigenvalue weighted by Gasteiger charge is 2.24. The summed E-state index contributed by atoms with van der Waals surface area (Å²) in [5, 5.41) is 3.02. The van der Waals surface area contributed by atoms with Crippen molar-refractivity contribution in [3.05, 3.63) is 29.8 Å². The van der Waals surface area contributed by atoms with Crippen molar-refractivity contribution in [2.45, 2.75) is 25.3 Å². The van der Waals surface area contributed by atoms with Gasteiger partial charge < -0.3 is 15.0 Å². The Kier molecular flexibility index (Phi) is 6.07. The normalized spacial score (nSPS) is 15.5. The van der Waals surface area contributed by atoms with Crippen molar-refractivity contribution in [1.82, 2.24) is 10.2 Å². The number of amides is 2. The third kappa shape index (κ3) is 4.13. The number of benzene rings is 1. The molecular weight excluding hydrogens is 304 g/mol. The molecule has 1 aromatic rings. The molecule has 0 unspecified atom stereocenters. The SMILES string of the molecule is COc1ccccc1C(=O)NC1CCN(C(=O)CCCl)CC1. The molecule has 0 spiro atoms. The topological polar surface area (TPSA) is 58.6 Å². The quantitative estimate of drug-likeness (QED) is 0.843. The summed E-state index contributed by atoms with van der Waals surface area (Å²) < 4.78 is 5.20. The molecule has 1 aliphatic heterocycles. The molecule has 5 nitrogen and oxygen atoms in total. The number of nitrogens with one attached hydrogen (secondary N) is 1. The average molecular weight is 325 g/mol. The lowest BCUT2D eigenvalue weighted by molar-refractivity contribution is -0.131. The number of ether oxygens (including phenoxy) is 1. The molecular formula is C16H21ClN2O3. The van der Waals surface area contributed by atoms with Crippen LogP contribution in [0.5, 0.6) is 5.75 Å². The fourth-order valence-electron chi connectivity index (χ4n) is 2.61. The maximum Gasteiger partial charge on any atom is 0.255 e. The van der Waals surface area contributed by atoms with Gasteiger partial charge in [-0.25, -0.2) is 0 Å². The van der Waals surface area contributed by atoms with Crippen molar-refractivity contribution in [1.29, 1.82) is 0 Å². The molecule has 1 aliphatic rings. The number of carbonyl (C=O) groups is 2. The van der Waals surface area contributed by atoms with E-state index in [1.165, 1.54) is 0 Å². The molecule has 2 amide bonds. The smallest absolute Gasteiger partial charge is 0.255 e. The molecule has 1 fully saturated rings. The highest BCUT2D eigenvalue weighted by molar-refractivity contribution is 6.18. The third-order valence-corrected chi connectivity index (χ3v) is 4.03. The summed E-state index contributed by atoms with van der Waals surface area (Å²) in [5.74, 6) is 0.866. The number of rotatable bonds is 5. The molecule has 22 heavy (non-hydrogen) atoms. The second-order valence-electron chi connectivity index (χ2n) is 5.27. The van der Waals surface area contributed by atoms with Crippen LogP contribution in [0.25, 0.3) is 0 Å². The zero-order chi connectivity index (χ0) is 15.9. The number of halogens is 1. The molecule has 0 bridgehead atoms.